The highest BCUT2D eigenvalue weighted by Crippen LogP contribution is 2.60. The average Bonchev–Trinajstić information content (AvgIpc) is 4.20. The van der Waals surface area contributed by atoms with Gasteiger partial charge in [0.1, 0.15) is 11.2 Å². The first-order valence-electron chi connectivity index (χ1n) is 26.5. The predicted molar refractivity (Wildman–Crippen MR) is 317 cm³/mol. The van der Waals surface area contributed by atoms with Crippen LogP contribution >= 0.6 is 0 Å². The van der Waals surface area contributed by atoms with Crippen molar-refractivity contribution in [3.05, 3.63) is 306 Å². The first-order chi connectivity index (χ1) is 37.5. The van der Waals surface area contributed by atoms with E-state index in [4.69, 9.17) is 4.42 Å². The highest BCUT2D eigenvalue weighted by atomic mass is 16.3. The van der Waals surface area contributed by atoms with Gasteiger partial charge in [0.2, 0.25) is 0 Å². The Labute approximate surface area is 443 Å². The molecule has 2 nitrogen and oxygen atoms in total. The molecule has 0 fully saturated rings. The summed E-state index contributed by atoms with van der Waals surface area (Å²) in [5, 5.41) is 4.53. The maximum absolute atomic E-state index is 7.66. The fourth-order valence-corrected chi connectivity index (χ4v) is 13.3. The van der Waals surface area contributed by atoms with Crippen molar-refractivity contribution in [3.8, 4) is 55.6 Å². The van der Waals surface area contributed by atoms with Crippen molar-refractivity contribution >= 4 is 49.8 Å². The molecule has 0 N–H and O–H groups in total. The van der Waals surface area contributed by atoms with Gasteiger partial charge in [0.05, 0.1) is 11.1 Å². The molecule has 0 saturated heterocycles. The van der Waals surface area contributed by atoms with Crippen molar-refractivity contribution in [3.63, 3.8) is 0 Å². The minimum Gasteiger partial charge on any atom is -0.455 e. The van der Waals surface area contributed by atoms with Crippen molar-refractivity contribution in [1.82, 2.24) is 0 Å². The van der Waals surface area contributed by atoms with E-state index in [-0.39, 0.29) is 5.41 Å². The Balaban J connectivity index is 0.967. The van der Waals surface area contributed by atoms with E-state index in [2.05, 4.69) is 292 Å². The Morgan fingerprint density at radius 1 is 0.316 bits per heavy atom. The Bertz CT molecular complexity index is 4360. The third kappa shape index (κ3) is 6.41. The Hall–Kier alpha value is -9.50. The van der Waals surface area contributed by atoms with Gasteiger partial charge in [-0.2, -0.15) is 0 Å². The highest BCUT2D eigenvalue weighted by Gasteiger charge is 2.48. The Morgan fingerprint density at radius 2 is 0.842 bits per heavy atom. The van der Waals surface area contributed by atoms with Gasteiger partial charge in [-0.05, 0) is 120 Å². The van der Waals surface area contributed by atoms with Crippen LogP contribution in [0.3, 0.4) is 0 Å². The zero-order valence-corrected chi connectivity index (χ0v) is 42.3. The number of para-hydroxylation sites is 1. The van der Waals surface area contributed by atoms with E-state index in [0.29, 0.717) is 0 Å². The number of benzene rings is 12. The van der Waals surface area contributed by atoms with E-state index in [1.165, 1.54) is 61.2 Å². The molecular weight excluding hydrogens is 919 g/mol. The average molecular weight is 970 g/mol. The molecule has 15 rings (SSSR count). The Kier molecular flexibility index (Phi) is 9.86. The lowest BCUT2D eigenvalue weighted by atomic mass is 9.67. The largest absolute Gasteiger partial charge is 0.455 e. The van der Waals surface area contributed by atoms with Crippen LogP contribution in [0.4, 0.5) is 17.1 Å². The lowest BCUT2D eigenvalue weighted by Crippen LogP contribution is -2.28. The summed E-state index contributed by atoms with van der Waals surface area (Å²) in [6, 6.07) is 100. The van der Waals surface area contributed by atoms with Crippen molar-refractivity contribution < 1.29 is 4.42 Å². The molecule has 2 aliphatic carbocycles. The van der Waals surface area contributed by atoms with E-state index >= 15 is 0 Å². The van der Waals surface area contributed by atoms with Crippen LogP contribution in [0.15, 0.2) is 277 Å². The molecular formula is C74H51NO. The van der Waals surface area contributed by atoms with Gasteiger partial charge in [-0.3, -0.25) is 0 Å². The summed E-state index contributed by atoms with van der Waals surface area (Å²) in [6.45, 7) is 4.73. The second kappa shape index (κ2) is 17.0. The molecule has 2 heteroatoms. The number of rotatable bonds is 8. The topological polar surface area (TPSA) is 16.4 Å². The minimum atomic E-state index is -0.591. The number of furan rings is 1. The van der Waals surface area contributed by atoms with Crippen molar-refractivity contribution in [2.45, 2.75) is 24.7 Å². The van der Waals surface area contributed by atoms with Crippen LogP contribution in [-0.4, -0.2) is 0 Å². The molecule has 2 aliphatic rings. The van der Waals surface area contributed by atoms with Gasteiger partial charge in [-0.15, -0.1) is 0 Å². The zero-order chi connectivity index (χ0) is 50.5. The third-order valence-electron chi connectivity index (χ3n) is 16.8. The van der Waals surface area contributed by atoms with Crippen LogP contribution in [0.2, 0.25) is 0 Å². The molecule has 0 radical (unpaired) electrons. The van der Waals surface area contributed by atoms with Crippen molar-refractivity contribution in [2.24, 2.45) is 0 Å². The molecule has 358 valence electrons. The molecule has 0 spiro atoms. The van der Waals surface area contributed by atoms with Crippen LogP contribution in [0.25, 0.3) is 88.3 Å². The van der Waals surface area contributed by atoms with Gasteiger partial charge in [-0.1, -0.05) is 250 Å². The number of nitrogens with zero attached hydrogens (tertiary/aromatic N) is 1. The van der Waals surface area contributed by atoms with Crippen LogP contribution in [0.1, 0.15) is 47.2 Å². The van der Waals surface area contributed by atoms with E-state index in [0.717, 1.165) is 77.6 Å². The van der Waals surface area contributed by atoms with Gasteiger partial charge in [0.25, 0.3) is 0 Å². The molecule has 1 aromatic heterocycles. The molecule has 76 heavy (non-hydrogen) atoms. The third-order valence-corrected chi connectivity index (χ3v) is 16.8. The number of hydrogen-bond donors (Lipinski definition) is 0. The fraction of sp³-hybridized carbons (Fsp3) is 0.0541. The van der Waals surface area contributed by atoms with E-state index < -0.39 is 5.41 Å². The fourth-order valence-electron chi connectivity index (χ4n) is 13.3. The van der Waals surface area contributed by atoms with Crippen LogP contribution in [0.5, 0.6) is 0 Å². The second-order valence-corrected chi connectivity index (χ2v) is 21.1. The SMILES string of the molecule is CC1(C)c2ccccc2-c2ccc(N(c3ccc(-c4ccccc4)cc3)c3ccc(-c4cccc5c4oc4c6c(cc(-c7ccccc7)c45)C(c4ccccc4)(c4ccccc4)c4ccccc4-6)c4ccccc34)cc21. The summed E-state index contributed by atoms with van der Waals surface area (Å²) in [6.07, 6.45) is 0. The van der Waals surface area contributed by atoms with Gasteiger partial charge < -0.3 is 9.32 Å². The molecule has 1 heterocycles. The zero-order valence-electron chi connectivity index (χ0n) is 42.3. The lowest BCUT2D eigenvalue weighted by Gasteiger charge is -2.34. The molecule has 12 aromatic carbocycles. The molecule has 13 aromatic rings. The summed E-state index contributed by atoms with van der Waals surface area (Å²) >= 11 is 0. The minimum absolute atomic E-state index is 0.158. The summed E-state index contributed by atoms with van der Waals surface area (Å²) in [5.74, 6) is 0. The molecule has 0 aliphatic heterocycles. The second-order valence-electron chi connectivity index (χ2n) is 21.1. The maximum atomic E-state index is 7.66. The van der Waals surface area contributed by atoms with Gasteiger partial charge in [-0.25, -0.2) is 0 Å². The van der Waals surface area contributed by atoms with Crippen LogP contribution < -0.4 is 4.90 Å². The first kappa shape index (κ1) is 44.0. The van der Waals surface area contributed by atoms with E-state index in [9.17, 15) is 0 Å². The molecule has 0 unspecified atom stereocenters. The number of fused-ring (bicyclic) bond motifs is 11. The maximum Gasteiger partial charge on any atom is 0.144 e. The molecule has 0 saturated carbocycles. The number of hydrogen-bond acceptors (Lipinski definition) is 2. The van der Waals surface area contributed by atoms with Gasteiger partial charge >= 0.3 is 0 Å². The van der Waals surface area contributed by atoms with E-state index in [1.54, 1.807) is 0 Å². The standard InChI is InChI=1S/C74H51NO/c1-73(2)64-36-19-17-31-57(64)58-43-42-54(46-66(58)73)75(53-40-38-49(39-41-53)48-22-7-3-8-23-48)68-45-44-56(55-30-15-16-32-59(55)68)60-34-21-35-62-69-63(50-24-9-4-10-25-50)47-67-70(72(69)76-71(60)62)61-33-18-20-37-65(61)74(67,51-26-11-5-12-27-51)52-28-13-6-14-29-52/h3-47H,1-2H3. The van der Waals surface area contributed by atoms with Crippen molar-refractivity contribution in [1.29, 1.82) is 0 Å². The van der Waals surface area contributed by atoms with Crippen LogP contribution in [-0.2, 0) is 10.8 Å². The predicted octanol–water partition coefficient (Wildman–Crippen LogP) is 19.9. The normalized spacial score (nSPS) is 13.6. The lowest BCUT2D eigenvalue weighted by molar-refractivity contribution is 0.660. The number of anilines is 3. The quantitative estimate of drug-likeness (QED) is 0.151. The first-order valence-corrected chi connectivity index (χ1v) is 26.5. The summed E-state index contributed by atoms with van der Waals surface area (Å²) in [7, 11) is 0. The molecule has 0 amide bonds. The molecule has 0 atom stereocenters. The van der Waals surface area contributed by atoms with Crippen LogP contribution in [0, 0.1) is 0 Å². The highest BCUT2D eigenvalue weighted by molar-refractivity contribution is 6.21. The van der Waals surface area contributed by atoms with E-state index in [1.807, 2.05) is 0 Å². The van der Waals surface area contributed by atoms with Gasteiger partial charge in [0, 0.05) is 44.1 Å². The molecule has 0 bridgehead atoms. The smallest absolute Gasteiger partial charge is 0.144 e. The van der Waals surface area contributed by atoms with Gasteiger partial charge in [0.15, 0.2) is 0 Å². The summed E-state index contributed by atoms with van der Waals surface area (Å²) < 4.78 is 7.66. The summed E-state index contributed by atoms with van der Waals surface area (Å²) in [5.41, 5.74) is 23.8. The Morgan fingerprint density at radius 3 is 1.55 bits per heavy atom. The van der Waals surface area contributed by atoms with Crippen molar-refractivity contribution in [2.75, 3.05) is 4.90 Å². The monoisotopic (exact) mass is 969 g/mol. The summed E-state index contributed by atoms with van der Waals surface area (Å²) in [4.78, 5) is 2.46.